The summed E-state index contributed by atoms with van der Waals surface area (Å²) in [5.74, 6) is -1.47. The van der Waals surface area contributed by atoms with Crippen molar-refractivity contribution in [2.45, 2.75) is 19.3 Å². The zero-order chi connectivity index (χ0) is 11.6. The molecule has 0 bridgehead atoms. The Morgan fingerprint density at radius 2 is 2.13 bits per heavy atom. The zero-order valence-electron chi connectivity index (χ0n) is 8.30. The summed E-state index contributed by atoms with van der Waals surface area (Å²) in [6.45, 7) is 2.25. The number of benzene rings is 1. The van der Waals surface area contributed by atoms with Crippen LogP contribution in [0.25, 0.3) is 0 Å². The van der Waals surface area contributed by atoms with Crippen LogP contribution in [0.4, 0.5) is 4.39 Å². The van der Waals surface area contributed by atoms with E-state index in [1.54, 1.807) is 0 Å². The molecule has 0 radical (unpaired) electrons. The predicted octanol–water partition coefficient (Wildman–Crippen LogP) is 2.45. The first-order valence-electron chi connectivity index (χ1n) is 4.59. The van der Waals surface area contributed by atoms with Crippen molar-refractivity contribution < 1.29 is 14.6 Å². The Balaban J connectivity index is 3.23. The average Bonchev–Trinajstić information content (AvgIpc) is 2.15. The van der Waals surface area contributed by atoms with Gasteiger partial charge in [-0.2, -0.15) is 0 Å². The average molecular weight is 278 g/mol. The van der Waals surface area contributed by atoms with E-state index < -0.39 is 11.6 Å². The highest BCUT2D eigenvalue weighted by molar-refractivity contribution is 9.10. The molecule has 0 aliphatic carbocycles. The van der Waals surface area contributed by atoms with E-state index in [0.29, 0.717) is 18.5 Å². The summed E-state index contributed by atoms with van der Waals surface area (Å²) in [5, 5.41) is 18.6. The van der Waals surface area contributed by atoms with E-state index in [-0.39, 0.29) is 16.1 Å². The molecule has 0 saturated carbocycles. The Labute approximate surface area is 95.9 Å². The van der Waals surface area contributed by atoms with Gasteiger partial charge < -0.3 is 15.9 Å². The van der Waals surface area contributed by atoms with Gasteiger partial charge in [0, 0.05) is 11.6 Å². The first-order chi connectivity index (χ1) is 6.99. The third kappa shape index (κ3) is 2.41. The second kappa shape index (κ2) is 4.81. The normalized spacial score (nSPS) is 12.8. The van der Waals surface area contributed by atoms with E-state index >= 15 is 0 Å². The molecule has 0 amide bonds. The van der Waals surface area contributed by atoms with Crippen molar-refractivity contribution in [3.8, 4) is 11.5 Å². The van der Waals surface area contributed by atoms with Gasteiger partial charge in [0.2, 0.25) is 0 Å². The Morgan fingerprint density at radius 3 is 2.67 bits per heavy atom. The topological polar surface area (TPSA) is 66.5 Å². The largest absolute Gasteiger partial charge is 0.504 e. The van der Waals surface area contributed by atoms with Crippen LogP contribution < -0.4 is 5.73 Å². The molecule has 1 rings (SSSR count). The van der Waals surface area contributed by atoms with Crippen LogP contribution in [-0.2, 0) is 0 Å². The van der Waals surface area contributed by atoms with Gasteiger partial charge in [-0.3, -0.25) is 0 Å². The van der Waals surface area contributed by atoms with Crippen LogP contribution in [0, 0.1) is 5.82 Å². The molecular weight excluding hydrogens is 265 g/mol. The van der Waals surface area contributed by atoms with E-state index in [4.69, 9.17) is 5.73 Å². The van der Waals surface area contributed by atoms with E-state index in [1.807, 2.05) is 6.92 Å². The molecule has 15 heavy (non-hydrogen) atoms. The molecule has 0 saturated heterocycles. The van der Waals surface area contributed by atoms with Crippen LogP contribution in [-0.4, -0.2) is 16.8 Å². The minimum Gasteiger partial charge on any atom is -0.504 e. The summed E-state index contributed by atoms with van der Waals surface area (Å²) in [6.07, 6.45) is 0.611. The summed E-state index contributed by atoms with van der Waals surface area (Å²) >= 11 is 3.06. The molecule has 0 aliphatic rings. The van der Waals surface area contributed by atoms with Gasteiger partial charge >= 0.3 is 0 Å². The molecule has 0 aliphatic heterocycles. The van der Waals surface area contributed by atoms with Gasteiger partial charge in [0.1, 0.15) is 5.82 Å². The van der Waals surface area contributed by atoms with Gasteiger partial charge in [-0.1, -0.05) is 6.92 Å². The summed E-state index contributed by atoms with van der Waals surface area (Å²) in [5.41, 5.74) is 5.73. The van der Waals surface area contributed by atoms with E-state index in [2.05, 4.69) is 15.9 Å². The molecule has 5 heteroatoms. The van der Waals surface area contributed by atoms with Crippen LogP contribution in [0.3, 0.4) is 0 Å². The van der Waals surface area contributed by atoms with Crippen LogP contribution in [0.5, 0.6) is 11.5 Å². The third-order valence-corrected chi connectivity index (χ3v) is 3.10. The van der Waals surface area contributed by atoms with Crippen molar-refractivity contribution in [1.29, 1.82) is 0 Å². The molecule has 1 aromatic carbocycles. The lowest BCUT2D eigenvalue weighted by Crippen LogP contribution is -2.07. The van der Waals surface area contributed by atoms with Gasteiger partial charge in [0.15, 0.2) is 11.5 Å². The Morgan fingerprint density at radius 1 is 1.53 bits per heavy atom. The molecule has 0 heterocycles. The highest BCUT2D eigenvalue weighted by Crippen LogP contribution is 2.41. The quantitative estimate of drug-likeness (QED) is 0.744. The molecule has 0 aromatic heterocycles. The molecular formula is C10H13BrFNO2. The SMILES string of the molecule is CC(CCN)c1c(F)cc(O)c(O)c1Br. The fourth-order valence-corrected chi connectivity index (χ4v) is 2.24. The fraction of sp³-hybridized carbons (Fsp3) is 0.400. The second-order valence-electron chi connectivity index (χ2n) is 3.43. The first kappa shape index (κ1) is 12.3. The van der Waals surface area contributed by atoms with Crippen molar-refractivity contribution in [1.82, 2.24) is 0 Å². The summed E-state index contributed by atoms with van der Waals surface area (Å²) in [4.78, 5) is 0. The van der Waals surface area contributed by atoms with Crippen LogP contribution in [0.2, 0.25) is 0 Å². The maximum absolute atomic E-state index is 13.5. The molecule has 1 atom stereocenters. The monoisotopic (exact) mass is 277 g/mol. The molecule has 0 spiro atoms. The smallest absolute Gasteiger partial charge is 0.172 e. The van der Waals surface area contributed by atoms with Gasteiger partial charge in [0.05, 0.1) is 4.47 Å². The van der Waals surface area contributed by atoms with Crippen molar-refractivity contribution in [3.63, 3.8) is 0 Å². The first-order valence-corrected chi connectivity index (χ1v) is 5.38. The third-order valence-electron chi connectivity index (χ3n) is 2.30. The summed E-state index contributed by atoms with van der Waals surface area (Å²) in [7, 11) is 0. The van der Waals surface area contributed by atoms with Gasteiger partial charge in [0.25, 0.3) is 0 Å². The van der Waals surface area contributed by atoms with E-state index in [0.717, 1.165) is 6.07 Å². The van der Waals surface area contributed by atoms with Crippen molar-refractivity contribution in [2.24, 2.45) is 5.73 Å². The molecule has 3 nitrogen and oxygen atoms in total. The number of nitrogens with two attached hydrogens (primary N) is 1. The molecule has 84 valence electrons. The van der Waals surface area contributed by atoms with Crippen LogP contribution >= 0.6 is 15.9 Å². The maximum Gasteiger partial charge on any atom is 0.172 e. The van der Waals surface area contributed by atoms with Crippen LogP contribution in [0.1, 0.15) is 24.8 Å². The second-order valence-corrected chi connectivity index (χ2v) is 4.23. The lowest BCUT2D eigenvalue weighted by Gasteiger charge is -2.15. The minimum atomic E-state index is -0.543. The number of rotatable bonds is 3. The number of phenolic OH excluding ortho intramolecular Hbond substituents is 2. The fourth-order valence-electron chi connectivity index (χ4n) is 1.46. The molecule has 1 aromatic rings. The zero-order valence-corrected chi connectivity index (χ0v) is 9.88. The highest BCUT2D eigenvalue weighted by Gasteiger charge is 2.19. The van der Waals surface area contributed by atoms with Gasteiger partial charge in [-0.15, -0.1) is 0 Å². The van der Waals surface area contributed by atoms with Crippen molar-refractivity contribution in [3.05, 3.63) is 21.9 Å². The van der Waals surface area contributed by atoms with Gasteiger partial charge in [-0.05, 0) is 34.8 Å². The lowest BCUT2D eigenvalue weighted by molar-refractivity contribution is 0.394. The number of hydrogen-bond acceptors (Lipinski definition) is 3. The molecule has 1 unspecified atom stereocenters. The summed E-state index contributed by atoms with van der Waals surface area (Å²) in [6, 6.07) is 0.905. The van der Waals surface area contributed by atoms with Crippen molar-refractivity contribution >= 4 is 15.9 Å². The highest BCUT2D eigenvalue weighted by atomic mass is 79.9. The molecule has 0 fully saturated rings. The number of aromatic hydroxyl groups is 2. The lowest BCUT2D eigenvalue weighted by atomic mass is 9.97. The Bertz CT molecular complexity index is 371. The predicted molar refractivity (Wildman–Crippen MR) is 59.5 cm³/mol. The van der Waals surface area contributed by atoms with E-state index in [1.165, 1.54) is 0 Å². The number of phenols is 2. The Kier molecular flexibility index (Phi) is 3.93. The van der Waals surface area contributed by atoms with Crippen molar-refractivity contribution in [2.75, 3.05) is 6.54 Å². The maximum atomic E-state index is 13.5. The van der Waals surface area contributed by atoms with E-state index in [9.17, 15) is 14.6 Å². The van der Waals surface area contributed by atoms with Gasteiger partial charge in [-0.25, -0.2) is 4.39 Å². The van der Waals surface area contributed by atoms with Crippen LogP contribution in [0.15, 0.2) is 10.5 Å². The molecule has 4 N–H and O–H groups in total. The summed E-state index contributed by atoms with van der Waals surface area (Å²) < 4.78 is 13.7. The number of hydrogen-bond donors (Lipinski definition) is 3. The Hall–Kier alpha value is -0.810. The number of halogens is 2. The standard InChI is InChI=1S/C10H13BrFNO2/c1-5(2-3-13)8-6(12)4-7(14)10(15)9(8)11/h4-5,14-15H,2-3,13H2,1H3. The minimum absolute atomic E-state index is 0.115.